The zero-order valence-corrected chi connectivity index (χ0v) is 9.14. The second-order valence-electron chi connectivity index (χ2n) is 3.99. The highest BCUT2D eigenvalue weighted by atomic mass is 16.5. The van der Waals surface area contributed by atoms with Crippen LogP contribution in [0, 0.1) is 0 Å². The van der Waals surface area contributed by atoms with E-state index >= 15 is 0 Å². The standard InChI is InChI=1S/C12H17NO2/c1-2-15-12(14)8-10-7-9-5-3-4-6-11(9)13-10/h7,13H,2-6,8H2,1H3. The Hall–Kier alpha value is -1.25. The Morgan fingerprint density at radius 3 is 3.00 bits per heavy atom. The van der Waals surface area contributed by atoms with Crippen LogP contribution in [-0.2, 0) is 28.8 Å². The number of rotatable bonds is 3. The van der Waals surface area contributed by atoms with E-state index in [9.17, 15) is 4.79 Å². The molecule has 0 radical (unpaired) electrons. The molecular formula is C12H17NO2. The molecule has 0 amide bonds. The molecular weight excluding hydrogens is 190 g/mol. The Bertz CT molecular complexity index is 331. The minimum absolute atomic E-state index is 0.143. The Kier molecular flexibility index (Phi) is 3.09. The van der Waals surface area contributed by atoms with Gasteiger partial charge in [-0.2, -0.15) is 0 Å². The van der Waals surface area contributed by atoms with Gasteiger partial charge >= 0.3 is 5.97 Å². The molecule has 1 heterocycles. The average molecular weight is 207 g/mol. The maximum Gasteiger partial charge on any atom is 0.311 e. The first-order chi connectivity index (χ1) is 7.29. The zero-order chi connectivity index (χ0) is 10.7. The fraction of sp³-hybridized carbons (Fsp3) is 0.583. The van der Waals surface area contributed by atoms with Crippen molar-refractivity contribution in [2.75, 3.05) is 6.61 Å². The van der Waals surface area contributed by atoms with Crippen LogP contribution in [0.3, 0.4) is 0 Å². The van der Waals surface area contributed by atoms with Crippen LogP contribution in [0.25, 0.3) is 0 Å². The number of hydrogen-bond donors (Lipinski definition) is 1. The minimum Gasteiger partial charge on any atom is -0.466 e. The monoisotopic (exact) mass is 207 g/mol. The Balaban J connectivity index is 2.03. The van der Waals surface area contributed by atoms with Crippen molar-refractivity contribution in [3.05, 3.63) is 23.0 Å². The van der Waals surface area contributed by atoms with Crippen molar-refractivity contribution in [1.29, 1.82) is 0 Å². The molecule has 82 valence electrons. The topological polar surface area (TPSA) is 42.1 Å². The third kappa shape index (κ3) is 2.41. The predicted octanol–water partition coefficient (Wildman–Crippen LogP) is 2.00. The van der Waals surface area contributed by atoms with E-state index in [0.29, 0.717) is 13.0 Å². The van der Waals surface area contributed by atoms with Crippen molar-refractivity contribution in [2.45, 2.75) is 39.0 Å². The lowest BCUT2D eigenvalue weighted by atomic mass is 9.98. The molecule has 1 aromatic rings. The molecule has 0 bridgehead atoms. The van der Waals surface area contributed by atoms with Gasteiger partial charge in [0.15, 0.2) is 0 Å². The Labute approximate surface area is 89.8 Å². The van der Waals surface area contributed by atoms with Crippen LogP contribution >= 0.6 is 0 Å². The lowest BCUT2D eigenvalue weighted by molar-refractivity contribution is -0.142. The molecule has 0 saturated carbocycles. The molecule has 0 aliphatic heterocycles. The van der Waals surface area contributed by atoms with Crippen LogP contribution in [-0.4, -0.2) is 17.6 Å². The van der Waals surface area contributed by atoms with Crippen LogP contribution < -0.4 is 0 Å². The number of esters is 1. The normalized spacial score (nSPS) is 14.7. The first kappa shape index (κ1) is 10.3. The highest BCUT2D eigenvalue weighted by Crippen LogP contribution is 2.21. The summed E-state index contributed by atoms with van der Waals surface area (Å²) >= 11 is 0. The number of nitrogens with one attached hydrogen (secondary N) is 1. The van der Waals surface area contributed by atoms with Gasteiger partial charge in [-0.1, -0.05) is 0 Å². The Morgan fingerprint density at radius 2 is 2.27 bits per heavy atom. The molecule has 1 aliphatic carbocycles. The molecule has 3 heteroatoms. The number of carbonyl (C=O) groups excluding carboxylic acids is 1. The summed E-state index contributed by atoms with van der Waals surface area (Å²) in [6.45, 7) is 2.29. The maximum atomic E-state index is 11.3. The smallest absolute Gasteiger partial charge is 0.311 e. The van der Waals surface area contributed by atoms with Gasteiger partial charge in [0.1, 0.15) is 0 Å². The lowest BCUT2D eigenvalue weighted by Crippen LogP contribution is -2.07. The lowest BCUT2D eigenvalue weighted by Gasteiger charge is -2.09. The fourth-order valence-electron chi connectivity index (χ4n) is 2.13. The van der Waals surface area contributed by atoms with Crippen molar-refractivity contribution in [3.63, 3.8) is 0 Å². The molecule has 1 N–H and O–H groups in total. The molecule has 1 aromatic heterocycles. The third-order valence-corrected chi connectivity index (χ3v) is 2.81. The summed E-state index contributed by atoms with van der Waals surface area (Å²) in [7, 11) is 0. The third-order valence-electron chi connectivity index (χ3n) is 2.81. The largest absolute Gasteiger partial charge is 0.466 e. The van der Waals surface area contributed by atoms with Gasteiger partial charge in [0.05, 0.1) is 13.0 Å². The van der Waals surface area contributed by atoms with Crippen molar-refractivity contribution in [3.8, 4) is 0 Å². The van der Waals surface area contributed by atoms with Crippen molar-refractivity contribution in [2.24, 2.45) is 0 Å². The molecule has 1 aliphatic rings. The highest BCUT2D eigenvalue weighted by molar-refractivity contribution is 5.72. The summed E-state index contributed by atoms with van der Waals surface area (Å²) in [5.41, 5.74) is 3.71. The second kappa shape index (κ2) is 4.51. The summed E-state index contributed by atoms with van der Waals surface area (Å²) in [6, 6.07) is 2.12. The summed E-state index contributed by atoms with van der Waals surface area (Å²) in [6.07, 6.45) is 5.17. The van der Waals surface area contributed by atoms with Crippen LogP contribution in [0.4, 0.5) is 0 Å². The molecule has 0 aromatic carbocycles. The highest BCUT2D eigenvalue weighted by Gasteiger charge is 2.14. The number of aromatic nitrogens is 1. The molecule has 0 saturated heterocycles. The van der Waals surface area contributed by atoms with E-state index in [1.807, 2.05) is 6.92 Å². The molecule has 2 rings (SSSR count). The molecule has 0 atom stereocenters. The quantitative estimate of drug-likeness (QED) is 0.770. The van der Waals surface area contributed by atoms with E-state index < -0.39 is 0 Å². The van der Waals surface area contributed by atoms with E-state index in [4.69, 9.17) is 4.74 Å². The van der Waals surface area contributed by atoms with Crippen LogP contribution in [0.15, 0.2) is 6.07 Å². The van der Waals surface area contributed by atoms with Gasteiger partial charge in [-0.15, -0.1) is 0 Å². The average Bonchev–Trinajstić information content (AvgIpc) is 2.59. The number of hydrogen-bond acceptors (Lipinski definition) is 2. The first-order valence-electron chi connectivity index (χ1n) is 5.65. The fourth-order valence-corrected chi connectivity index (χ4v) is 2.13. The van der Waals surface area contributed by atoms with E-state index in [-0.39, 0.29) is 5.97 Å². The number of H-pyrrole nitrogens is 1. The van der Waals surface area contributed by atoms with Gasteiger partial charge < -0.3 is 9.72 Å². The van der Waals surface area contributed by atoms with Gasteiger partial charge in [0.25, 0.3) is 0 Å². The number of fused-ring (bicyclic) bond motifs is 1. The molecule has 0 fully saturated rings. The summed E-state index contributed by atoms with van der Waals surface area (Å²) in [5.74, 6) is -0.143. The van der Waals surface area contributed by atoms with Crippen molar-refractivity contribution in [1.82, 2.24) is 4.98 Å². The summed E-state index contributed by atoms with van der Waals surface area (Å²) in [4.78, 5) is 14.6. The van der Waals surface area contributed by atoms with Gasteiger partial charge in [-0.25, -0.2) is 0 Å². The zero-order valence-electron chi connectivity index (χ0n) is 9.14. The molecule has 0 unspecified atom stereocenters. The summed E-state index contributed by atoms with van der Waals surface area (Å²) < 4.78 is 4.92. The maximum absolute atomic E-state index is 11.3. The van der Waals surface area contributed by atoms with Crippen molar-refractivity contribution >= 4 is 5.97 Å². The first-order valence-corrected chi connectivity index (χ1v) is 5.65. The van der Waals surface area contributed by atoms with Gasteiger partial charge in [0, 0.05) is 11.4 Å². The number of aromatic amines is 1. The van der Waals surface area contributed by atoms with E-state index in [0.717, 1.165) is 18.5 Å². The van der Waals surface area contributed by atoms with E-state index in [1.54, 1.807) is 0 Å². The van der Waals surface area contributed by atoms with E-state index in [2.05, 4.69) is 11.1 Å². The molecule has 15 heavy (non-hydrogen) atoms. The van der Waals surface area contributed by atoms with Gasteiger partial charge in [-0.05, 0) is 44.2 Å². The van der Waals surface area contributed by atoms with Gasteiger partial charge in [-0.3, -0.25) is 4.79 Å². The van der Waals surface area contributed by atoms with Crippen molar-refractivity contribution < 1.29 is 9.53 Å². The van der Waals surface area contributed by atoms with E-state index in [1.165, 1.54) is 24.1 Å². The SMILES string of the molecule is CCOC(=O)Cc1cc2c([nH]1)CCCC2. The van der Waals surface area contributed by atoms with Crippen LogP contribution in [0.5, 0.6) is 0 Å². The second-order valence-corrected chi connectivity index (χ2v) is 3.99. The van der Waals surface area contributed by atoms with Gasteiger partial charge in [0.2, 0.25) is 0 Å². The molecule has 3 nitrogen and oxygen atoms in total. The number of ether oxygens (including phenoxy) is 1. The predicted molar refractivity (Wildman–Crippen MR) is 57.8 cm³/mol. The van der Waals surface area contributed by atoms with Crippen LogP contribution in [0.1, 0.15) is 36.7 Å². The summed E-state index contributed by atoms with van der Waals surface area (Å²) in [5, 5.41) is 0. The van der Waals surface area contributed by atoms with Crippen LogP contribution in [0.2, 0.25) is 0 Å². The number of aryl methyl sites for hydroxylation is 2. The number of carbonyl (C=O) groups is 1. The Morgan fingerprint density at radius 1 is 1.47 bits per heavy atom. The molecule has 0 spiro atoms. The minimum atomic E-state index is -0.143.